The van der Waals surface area contributed by atoms with E-state index in [-0.39, 0.29) is 31.0 Å². The zero-order valence-corrected chi connectivity index (χ0v) is 24.8. The van der Waals surface area contributed by atoms with Gasteiger partial charge in [-0.25, -0.2) is 0 Å². The molecule has 0 amide bonds. The van der Waals surface area contributed by atoms with E-state index in [0.29, 0.717) is 0 Å². The Labute approximate surface area is 222 Å². The van der Waals surface area contributed by atoms with Crippen LogP contribution in [0.25, 0.3) is 0 Å². The molecule has 0 N–H and O–H groups in total. The van der Waals surface area contributed by atoms with Crippen LogP contribution in [-0.2, 0) is 9.47 Å². The predicted octanol–water partition coefficient (Wildman–Crippen LogP) is 7.00. The topological polar surface area (TPSA) is 18.5 Å². The molecule has 0 fully saturated rings. The Morgan fingerprint density at radius 2 is 0.613 bits per heavy atom. The summed E-state index contributed by atoms with van der Waals surface area (Å²) in [7, 11) is 0. The molecule has 0 atom stereocenters. The summed E-state index contributed by atoms with van der Waals surface area (Å²) in [5.41, 5.74) is 0. The SMILES string of the molecule is CCCCCCCCCCCCOCCCCCCCCCCCC.CCOCC.[H-].[Na+]. The molecule has 0 aliphatic carbocycles. The molecule has 31 heavy (non-hydrogen) atoms. The molecule has 186 valence electrons. The molecule has 2 nitrogen and oxygen atoms in total. The van der Waals surface area contributed by atoms with Crippen LogP contribution in [0.3, 0.4) is 0 Å². The van der Waals surface area contributed by atoms with Crippen molar-refractivity contribution in [3.63, 3.8) is 0 Å². The van der Waals surface area contributed by atoms with E-state index in [1.165, 1.54) is 128 Å². The number of hydrogen-bond donors (Lipinski definition) is 0. The Morgan fingerprint density at radius 1 is 0.355 bits per heavy atom. The molecule has 0 unspecified atom stereocenters. The molecule has 0 spiro atoms. The first-order valence-corrected chi connectivity index (χ1v) is 14.0. The fraction of sp³-hybridized carbons (Fsp3) is 1.00. The largest absolute Gasteiger partial charge is 1.00 e. The number of unbranched alkanes of at least 4 members (excludes halogenated alkanes) is 18. The summed E-state index contributed by atoms with van der Waals surface area (Å²) in [6.45, 7) is 12.2. The van der Waals surface area contributed by atoms with E-state index in [1.807, 2.05) is 13.8 Å². The Balaban J connectivity index is -0.000000501. The second-order valence-corrected chi connectivity index (χ2v) is 8.76. The average Bonchev–Trinajstić information content (AvgIpc) is 2.76. The maximum atomic E-state index is 5.78. The molecule has 3 heteroatoms. The Hall–Kier alpha value is 0.920. The van der Waals surface area contributed by atoms with Crippen LogP contribution in [0.15, 0.2) is 0 Å². The summed E-state index contributed by atoms with van der Waals surface area (Å²) < 4.78 is 10.6. The van der Waals surface area contributed by atoms with Gasteiger partial charge in [0.05, 0.1) is 0 Å². The van der Waals surface area contributed by atoms with Gasteiger partial charge in [0.1, 0.15) is 0 Å². The van der Waals surface area contributed by atoms with Gasteiger partial charge in [-0.3, -0.25) is 0 Å². The van der Waals surface area contributed by atoms with Gasteiger partial charge in [-0.2, -0.15) is 0 Å². The summed E-state index contributed by atoms with van der Waals surface area (Å²) >= 11 is 0. The number of ether oxygens (including phenoxy) is 2. The third-order valence-electron chi connectivity index (χ3n) is 5.69. The molecule has 0 aliphatic heterocycles. The zero-order chi connectivity index (χ0) is 22.4. The minimum atomic E-state index is 0. The minimum Gasteiger partial charge on any atom is -1.00 e. The molecule has 0 saturated heterocycles. The van der Waals surface area contributed by atoms with Crippen LogP contribution < -0.4 is 29.6 Å². The van der Waals surface area contributed by atoms with Gasteiger partial charge in [-0.1, -0.05) is 129 Å². The molecular formula is C28H61NaO2. The van der Waals surface area contributed by atoms with Crippen molar-refractivity contribution in [2.24, 2.45) is 0 Å². The van der Waals surface area contributed by atoms with Crippen LogP contribution in [0.1, 0.15) is 158 Å². The number of hydrogen-bond acceptors (Lipinski definition) is 2. The Bertz CT molecular complexity index is 244. The maximum Gasteiger partial charge on any atom is 1.00 e. The number of rotatable bonds is 24. The maximum absolute atomic E-state index is 5.78. The van der Waals surface area contributed by atoms with E-state index >= 15 is 0 Å². The molecule has 0 radical (unpaired) electrons. The van der Waals surface area contributed by atoms with Crippen molar-refractivity contribution in [1.82, 2.24) is 0 Å². The summed E-state index contributed by atoms with van der Waals surface area (Å²) in [5.74, 6) is 0. The van der Waals surface area contributed by atoms with Crippen LogP contribution in [0, 0.1) is 0 Å². The first kappa shape index (κ1) is 36.5. The molecule has 0 saturated carbocycles. The second kappa shape index (κ2) is 38.2. The van der Waals surface area contributed by atoms with Crippen LogP contribution in [0.2, 0.25) is 0 Å². The van der Waals surface area contributed by atoms with Crippen molar-refractivity contribution in [3.8, 4) is 0 Å². The van der Waals surface area contributed by atoms with E-state index < -0.39 is 0 Å². The minimum absolute atomic E-state index is 0. The van der Waals surface area contributed by atoms with E-state index in [4.69, 9.17) is 9.47 Å². The van der Waals surface area contributed by atoms with Gasteiger partial charge < -0.3 is 10.9 Å². The van der Waals surface area contributed by atoms with Gasteiger partial charge in [-0.15, -0.1) is 0 Å². The third-order valence-corrected chi connectivity index (χ3v) is 5.69. The molecule has 0 aromatic rings. The normalized spacial score (nSPS) is 10.5. The first-order valence-electron chi connectivity index (χ1n) is 14.0. The van der Waals surface area contributed by atoms with Crippen LogP contribution in [0.5, 0.6) is 0 Å². The van der Waals surface area contributed by atoms with Crippen LogP contribution in [-0.4, -0.2) is 26.4 Å². The second-order valence-electron chi connectivity index (χ2n) is 8.76. The quantitative estimate of drug-likeness (QED) is 0.116. The zero-order valence-electron chi connectivity index (χ0n) is 23.8. The van der Waals surface area contributed by atoms with Gasteiger partial charge in [0.2, 0.25) is 0 Å². The van der Waals surface area contributed by atoms with Gasteiger partial charge in [0.25, 0.3) is 0 Å². The van der Waals surface area contributed by atoms with Gasteiger partial charge in [-0.05, 0) is 26.7 Å². The molecule has 0 heterocycles. The Morgan fingerprint density at radius 3 is 0.839 bits per heavy atom. The van der Waals surface area contributed by atoms with Crippen molar-refractivity contribution in [2.75, 3.05) is 26.4 Å². The van der Waals surface area contributed by atoms with Crippen molar-refractivity contribution in [1.29, 1.82) is 0 Å². The van der Waals surface area contributed by atoms with Gasteiger partial charge >= 0.3 is 29.6 Å². The summed E-state index contributed by atoms with van der Waals surface area (Å²) in [6.07, 6.45) is 28.2. The van der Waals surface area contributed by atoms with Crippen LogP contribution >= 0.6 is 0 Å². The molecule has 0 aliphatic rings. The van der Waals surface area contributed by atoms with Crippen LogP contribution in [0.4, 0.5) is 0 Å². The first-order chi connectivity index (χ1) is 14.8. The predicted molar refractivity (Wildman–Crippen MR) is 138 cm³/mol. The van der Waals surface area contributed by atoms with Crippen molar-refractivity contribution >= 4 is 0 Å². The molecule has 0 rings (SSSR count). The summed E-state index contributed by atoms with van der Waals surface area (Å²) in [4.78, 5) is 0. The van der Waals surface area contributed by atoms with E-state index in [0.717, 1.165) is 26.4 Å². The standard InChI is InChI=1S/C24H50O.C4H10O.Na.H/c1-3-5-7-9-11-13-15-17-19-21-23-25-24-22-20-18-16-14-12-10-8-6-4-2;1-3-5-4-2;;/h3-24H2,1-2H3;3-4H2,1-2H3;;/q;;+1;-1. The molecule has 0 bridgehead atoms. The smallest absolute Gasteiger partial charge is 1.00 e. The van der Waals surface area contributed by atoms with E-state index in [2.05, 4.69) is 13.8 Å². The summed E-state index contributed by atoms with van der Waals surface area (Å²) in [5, 5.41) is 0. The van der Waals surface area contributed by atoms with Crippen molar-refractivity contribution in [3.05, 3.63) is 0 Å². The molecule has 0 aromatic heterocycles. The molecular weight excluding hydrogens is 391 g/mol. The van der Waals surface area contributed by atoms with Gasteiger partial charge in [0, 0.05) is 26.4 Å². The fourth-order valence-electron chi connectivity index (χ4n) is 3.69. The third kappa shape index (κ3) is 41.6. The average molecular weight is 453 g/mol. The van der Waals surface area contributed by atoms with Gasteiger partial charge in [0.15, 0.2) is 0 Å². The van der Waals surface area contributed by atoms with Crippen molar-refractivity contribution < 1.29 is 40.5 Å². The fourth-order valence-corrected chi connectivity index (χ4v) is 3.69. The van der Waals surface area contributed by atoms with E-state index in [9.17, 15) is 0 Å². The van der Waals surface area contributed by atoms with E-state index in [1.54, 1.807) is 0 Å². The molecule has 0 aromatic carbocycles. The monoisotopic (exact) mass is 452 g/mol. The Kier molecular flexibility index (Phi) is 45.0. The summed E-state index contributed by atoms with van der Waals surface area (Å²) in [6, 6.07) is 0. The van der Waals surface area contributed by atoms with Crippen molar-refractivity contribution in [2.45, 2.75) is 156 Å².